The van der Waals surface area contributed by atoms with E-state index in [1.165, 1.54) is 11.3 Å². The summed E-state index contributed by atoms with van der Waals surface area (Å²) in [7, 11) is 0. The van der Waals surface area contributed by atoms with E-state index in [0.29, 0.717) is 22.9 Å². The molecule has 0 bridgehead atoms. The average molecular weight is 338 g/mol. The van der Waals surface area contributed by atoms with E-state index in [9.17, 15) is 4.79 Å². The highest BCUT2D eigenvalue weighted by atomic mass is 32.1. The van der Waals surface area contributed by atoms with E-state index in [0.717, 1.165) is 5.56 Å². The van der Waals surface area contributed by atoms with Crippen LogP contribution in [0.4, 0.5) is 0 Å². The molecule has 2 aromatic heterocycles. The van der Waals surface area contributed by atoms with Gasteiger partial charge in [-0.2, -0.15) is 0 Å². The Hall–Kier alpha value is -2.60. The zero-order valence-corrected chi connectivity index (χ0v) is 14.4. The van der Waals surface area contributed by atoms with Crippen LogP contribution in [-0.4, -0.2) is 31.8 Å². The third-order valence-corrected chi connectivity index (χ3v) is 4.45. The van der Waals surface area contributed by atoms with E-state index >= 15 is 0 Å². The Morgan fingerprint density at radius 2 is 2.00 bits per heavy atom. The number of hydrogen-bond acceptors (Lipinski definition) is 5. The van der Waals surface area contributed by atoms with Crippen molar-refractivity contribution in [2.45, 2.75) is 26.4 Å². The number of nitrogens with zero attached hydrogens (tertiary/aromatic N) is 4. The summed E-state index contributed by atoms with van der Waals surface area (Å²) in [5.41, 5.74) is 2.23. The first kappa shape index (κ1) is 16.3. The highest BCUT2D eigenvalue weighted by Crippen LogP contribution is 2.22. The Bertz CT molecular complexity index is 802. The fourth-order valence-corrected chi connectivity index (χ4v) is 3.07. The molecule has 24 heavy (non-hydrogen) atoms. The average Bonchev–Trinajstić information content (AvgIpc) is 3.11. The fraction of sp³-hybridized carbons (Fsp3) is 0.222. The molecular weight excluding hydrogens is 320 g/mol. The summed E-state index contributed by atoms with van der Waals surface area (Å²) in [6.45, 7) is 4.59. The van der Waals surface area contributed by atoms with E-state index in [1.807, 2.05) is 49.1 Å². The molecule has 0 saturated carbocycles. The number of aromatic nitrogens is 3. The van der Waals surface area contributed by atoms with E-state index in [4.69, 9.17) is 0 Å². The van der Waals surface area contributed by atoms with Crippen LogP contribution in [0.15, 0.2) is 54.3 Å². The summed E-state index contributed by atoms with van der Waals surface area (Å²) in [5.74, 6) is -0.0692. The van der Waals surface area contributed by atoms with Crippen LogP contribution in [0.1, 0.15) is 29.9 Å². The SMILES string of the molecule is CC(C)N(Cc1ccccc1)C(=O)c1csc(-c2cnccn2)n1. The van der Waals surface area contributed by atoms with Crippen molar-refractivity contribution in [2.75, 3.05) is 0 Å². The summed E-state index contributed by atoms with van der Waals surface area (Å²) < 4.78 is 0. The van der Waals surface area contributed by atoms with E-state index in [2.05, 4.69) is 15.0 Å². The normalized spacial score (nSPS) is 10.8. The molecule has 122 valence electrons. The van der Waals surface area contributed by atoms with Crippen molar-refractivity contribution in [3.63, 3.8) is 0 Å². The number of rotatable bonds is 5. The lowest BCUT2D eigenvalue weighted by Crippen LogP contribution is -2.36. The van der Waals surface area contributed by atoms with Gasteiger partial charge < -0.3 is 4.90 Å². The maximum Gasteiger partial charge on any atom is 0.273 e. The molecule has 3 rings (SSSR count). The van der Waals surface area contributed by atoms with Crippen LogP contribution >= 0.6 is 11.3 Å². The third kappa shape index (κ3) is 3.65. The van der Waals surface area contributed by atoms with Gasteiger partial charge in [-0.05, 0) is 19.4 Å². The number of thiazole rings is 1. The molecule has 5 nitrogen and oxygen atoms in total. The van der Waals surface area contributed by atoms with Crippen molar-refractivity contribution in [1.29, 1.82) is 0 Å². The maximum absolute atomic E-state index is 12.9. The summed E-state index contributed by atoms with van der Waals surface area (Å²) >= 11 is 1.41. The quantitative estimate of drug-likeness (QED) is 0.712. The fourth-order valence-electron chi connectivity index (χ4n) is 2.32. The zero-order chi connectivity index (χ0) is 16.9. The molecule has 0 atom stereocenters. The van der Waals surface area contributed by atoms with Gasteiger partial charge in [-0.15, -0.1) is 11.3 Å². The molecule has 0 unspecified atom stereocenters. The van der Waals surface area contributed by atoms with Crippen molar-refractivity contribution in [2.24, 2.45) is 0 Å². The molecular formula is C18H18N4OS. The van der Waals surface area contributed by atoms with Crippen LogP contribution < -0.4 is 0 Å². The Labute approximate surface area is 145 Å². The van der Waals surface area contributed by atoms with Crippen LogP contribution in [0.3, 0.4) is 0 Å². The van der Waals surface area contributed by atoms with Crippen molar-refractivity contribution in [1.82, 2.24) is 19.9 Å². The number of hydrogen-bond donors (Lipinski definition) is 0. The zero-order valence-electron chi connectivity index (χ0n) is 13.6. The summed E-state index contributed by atoms with van der Waals surface area (Å²) in [5, 5.41) is 2.49. The van der Waals surface area contributed by atoms with Gasteiger partial charge >= 0.3 is 0 Å². The van der Waals surface area contributed by atoms with Gasteiger partial charge in [0, 0.05) is 30.4 Å². The minimum atomic E-state index is -0.0692. The van der Waals surface area contributed by atoms with Gasteiger partial charge in [-0.25, -0.2) is 4.98 Å². The molecule has 0 fully saturated rings. The maximum atomic E-state index is 12.9. The Morgan fingerprint density at radius 1 is 1.21 bits per heavy atom. The first-order valence-corrected chi connectivity index (χ1v) is 8.60. The molecule has 0 aliphatic heterocycles. The van der Waals surface area contributed by atoms with Crippen molar-refractivity contribution in [3.05, 3.63) is 65.6 Å². The second kappa shape index (κ2) is 7.31. The Kier molecular flexibility index (Phi) is 4.96. The molecule has 0 aliphatic carbocycles. The number of carbonyl (C=O) groups is 1. The lowest BCUT2D eigenvalue weighted by Gasteiger charge is -2.26. The van der Waals surface area contributed by atoms with Crippen molar-refractivity contribution in [3.8, 4) is 10.7 Å². The second-order valence-electron chi connectivity index (χ2n) is 5.64. The van der Waals surface area contributed by atoms with Gasteiger partial charge in [0.05, 0.1) is 6.20 Å². The third-order valence-electron chi connectivity index (χ3n) is 3.59. The van der Waals surface area contributed by atoms with Gasteiger partial charge in [0.2, 0.25) is 0 Å². The molecule has 0 N–H and O–H groups in total. The standard InChI is InChI=1S/C18H18N4OS/c1-13(2)22(11-14-6-4-3-5-7-14)18(23)16-12-24-17(21-16)15-10-19-8-9-20-15/h3-10,12-13H,11H2,1-2H3. The number of amides is 1. The molecule has 0 saturated heterocycles. The lowest BCUT2D eigenvalue weighted by molar-refractivity contribution is 0.0685. The molecule has 3 aromatic rings. The smallest absolute Gasteiger partial charge is 0.273 e. The first-order valence-electron chi connectivity index (χ1n) is 7.72. The highest BCUT2D eigenvalue weighted by molar-refractivity contribution is 7.13. The van der Waals surface area contributed by atoms with Gasteiger partial charge in [0.1, 0.15) is 16.4 Å². The van der Waals surface area contributed by atoms with Crippen LogP contribution in [0.25, 0.3) is 10.7 Å². The summed E-state index contributed by atoms with van der Waals surface area (Å²) in [6.07, 6.45) is 4.88. The molecule has 0 radical (unpaired) electrons. The van der Waals surface area contributed by atoms with Crippen LogP contribution in [0.5, 0.6) is 0 Å². The number of benzene rings is 1. The summed E-state index contributed by atoms with van der Waals surface area (Å²) in [6, 6.07) is 10.1. The van der Waals surface area contributed by atoms with Gasteiger partial charge in [-0.1, -0.05) is 30.3 Å². The monoisotopic (exact) mass is 338 g/mol. The first-order chi connectivity index (χ1) is 11.6. The number of carbonyl (C=O) groups excluding carboxylic acids is 1. The van der Waals surface area contributed by atoms with Crippen LogP contribution in [0, 0.1) is 0 Å². The second-order valence-corrected chi connectivity index (χ2v) is 6.50. The minimum Gasteiger partial charge on any atom is -0.331 e. The molecule has 0 spiro atoms. The highest BCUT2D eigenvalue weighted by Gasteiger charge is 2.22. The predicted octanol–water partition coefficient (Wildman–Crippen LogP) is 3.65. The topological polar surface area (TPSA) is 59.0 Å². The van der Waals surface area contributed by atoms with Crippen LogP contribution in [0.2, 0.25) is 0 Å². The predicted molar refractivity (Wildman–Crippen MR) is 94.6 cm³/mol. The van der Waals surface area contributed by atoms with E-state index in [1.54, 1.807) is 24.0 Å². The molecule has 1 amide bonds. The summed E-state index contributed by atoms with van der Waals surface area (Å²) in [4.78, 5) is 27.4. The van der Waals surface area contributed by atoms with Crippen molar-refractivity contribution >= 4 is 17.2 Å². The largest absolute Gasteiger partial charge is 0.331 e. The van der Waals surface area contributed by atoms with E-state index in [-0.39, 0.29) is 11.9 Å². The molecule has 2 heterocycles. The van der Waals surface area contributed by atoms with Gasteiger partial charge in [-0.3, -0.25) is 14.8 Å². The Morgan fingerprint density at radius 3 is 2.67 bits per heavy atom. The van der Waals surface area contributed by atoms with Gasteiger partial charge in [0.15, 0.2) is 0 Å². The van der Waals surface area contributed by atoms with Crippen LogP contribution in [-0.2, 0) is 6.54 Å². The molecule has 1 aromatic carbocycles. The lowest BCUT2D eigenvalue weighted by atomic mass is 10.2. The van der Waals surface area contributed by atoms with Gasteiger partial charge in [0.25, 0.3) is 5.91 Å². The molecule has 6 heteroatoms. The van der Waals surface area contributed by atoms with Crippen molar-refractivity contribution < 1.29 is 4.79 Å². The molecule has 0 aliphatic rings. The minimum absolute atomic E-state index is 0.0692. The van der Waals surface area contributed by atoms with E-state index < -0.39 is 0 Å². The Balaban J connectivity index is 1.82.